The lowest BCUT2D eigenvalue weighted by Crippen LogP contribution is -2.46. The Hall–Kier alpha value is -1.48. The topological polar surface area (TPSA) is 78.7 Å². The molecule has 1 rings (SSSR count). The van der Waals surface area contributed by atoms with E-state index in [-0.39, 0.29) is 5.91 Å². The van der Waals surface area contributed by atoms with Crippen molar-refractivity contribution in [1.82, 2.24) is 14.9 Å². The molecule has 1 amide bonds. The lowest BCUT2D eigenvalue weighted by Gasteiger charge is -2.24. The summed E-state index contributed by atoms with van der Waals surface area (Å²) in [4.78, 5) is 12.6. The number of amides is 1. The smallest absolute Gasteiger partial charge is 0.266 e. The maximum absolute atomic E-state index is 12.0. The molecule has 0 saturated heterocycles. The van der Waals surface area contributed by atoms with Gasteiger partial charge in [-0.25, -0.2) is 0 Å². The molecule has 0 unspecified atom stereocenters. The standard InChI is InChI=1S/C11H16N4OS/c1-4-8-9(17-15-14-8)10(16)13-11(5-2,6-3)7-12/h4-6H2,1-3H3,(H,13,16). The predicted molar refractivity (Wildman–Crippen MR) is 65.7 cm³/mol. The Morgan fingerprint density at radius 1 is 1.47 bits per heavy atom. The number of aromatic nitrogens is 2. The van der Waals surface area contributed by atoms with Gasteiger partial charge in [0.1, 0.15) is 10.4 Å². The normalized spacial score (nSPS) is 10.9. The number of hydrogen-bond acceptors (Lipinski definition) is 5. The average Bonchev–Trinajstić information content (AvgIpc) is 2.84. The quantitative estimate of drug-likeness (QED) is 0.868. The van der Waals surface area contributed by atoms with Gasteiger partial charge >= 0.3 is 0 Å². The Kier molecular flexibility index (Phi) is 4.58. The number of nitrogens with one attached hydrogen (secondary N) is 1. The van der Waals surface area contributed by atoms with Crippen molar-refractivity contribution in [2.45, 2.75) is 45.6 Å². The second-order valence-electron chi connectivity index (χ2n) is 3.76. The SMILES string of the molecule is CCc1nnsc1C(=O)NC(C#N)(CC)CC. The van der Waals surface area contributed by atoms with Crippen LogP contribution >= 0.6 is 11.5 Å². The fraction of sp³-hybridized carbons (Fsp3) is 0.636. The molecule has 0 aromatic carbocycles. The molecular formula is C11H16N4OS. The van der Waals surface area contributed by atoms with Crippen molar-refractivity contribution in [2.24, 2.45) is 0 Å². The van der Waals surface area contributed by atoms with E-state index in [1.165, 1.54) is 0 Å². The largest absolute Gasteiger partial charge is 0.333 e. The fourth-order valence-electron chi connectivity index (χ4n) is 1.50. The number of aryl methyl sites for hydroxylation is 1. The summed E-state index contributed by atoms with van der Waals surface area (Å²) < 4.78 is 3.77. The first-order valence-electron chi connectivity index (χ1n) is 5.67. The summed E-state index contributed by atoms with van der Waals surface area (Å²) in [5.41, 5.74) is -0.0990. The molecule has 0 aliphatic carbocycles. The van der Waals surface area contributed by atoms with Gasteiger partial charge < -0.3 is 5.32 Å². The summed E-state index contributed by atoms with van der Waals surface area (Å²) in [7, 11) is 0. The lowest BCUT2D eigenvalue weighted by atomic mass is 9.94. The summed E-state index contributed by atoms with van der Waals surface area (Å²) in [5, 5.41) is 15.8. The highest BCUT2D eigenvalue weighted by Gasteiger charge is 2.29. The summed E-state index contributed by atoms with van der Waals surface area (Å²) in [6, 6.07) is 2.18. The number of carbonyl (C=O) groups excluding carboxylic acids is 1. The van der Waals surface area contributed by atoms with Crippen LogP contribution in [0.25, 0.3) is 0 Å². The Morgan fingerprint density at radius 3 is 2.59 bits per heavy atom. The van der Waals surface area contributed by atoms with Crippen molar-refractivity contribution in [3.8, 4) is 6.07 Å². The molecule has 0 fully saturated rings. The van der Waals surface area contributed by atoms with Crippen LogP contribution in [0.1, 0.15) is 49.0 Å². The first-order valence-corrected chi connectivity index (χ1v) is 6.44. The van der Waals surface area contributed by atoms with E-state index in [4.69, 9.17) is 5.26 Å². The fourth-order valence-corrected chi connectivity index (χ4v) is 2.14. The molecule has 0 aliphatic rings. The van der Waals surface area contributed by atoms with Crippen LogP contribution < -0.4 is 5.32 Å². The van der Waals surface area contributed by atoms with Crippen LogP contribution in [0.15, 0.2) is 0 Å². The van der Waals surface area contributed by atoms with Crippen LogP contribution in [-0.4, -0.2) is 21.0 Å². The van der Waals surface area contributed by atoms with E-state index in [1.54, 1.807) is 0 Å². The Labute approximate surface area is 105 Å². The second kappa shape index (κ2) is 5.73. The minimum atomic E-state index is -0.786. The third-order valence-electron chi connectivity index (χ3n) is 2.87. The number of carbonyl (C=O) groups is 1. The minimum Gasteiger partial charge on any atom is -0.333 e. The van der Waals surface area contributed by atoms with Crippen LogP contribution in [0.5, 0.6) is 0 Å². The zero-order valence-electron chi connectivity index (χ0n) is 10.3. The van der Waals surface area contributed by atoms with E-state index < -0.39 is 5.54 Å². The van der Waals surface area contributed by atoms with Gasteiger partial charge in [0.15, 0.2) is 0 Å². The molecule has 1 N–H and O–H groups in total. The molecule has 0 radical (unpaired) electrons. The molecule has 1 aromatic rings. The van der Waals surface area contributed by atoms with Gasteiger partial charge in [0.05, 0.1) is 11.8 Å². The Morgan fingerprint density at radius 2 is 2.12 bits per heavy atom. The maximum atomic E-state index is 12.0. The van der Waals surface area contributed by atoms with Crippen molar-refractivity contribution in [3.63, 3.8) is 0 Å². The van der Waals surface area contributed by atoms with Gasteiger partial charge in [-0.15, -0.1) is 5.10 Å². The van der Waals surface area contributed by atoms with Gasteiger partial charge in [-0.3, -0.25) is 4.79 Å². The summed E-state index contributed by atoms with van der Waals surface area (Å²) >= 11 is 1.07. The van der Waals surface area contributed by atoms with Gasteiger partial charge in [0.25, 0.3) is 5.91 Å². The van der Waals surface area contributed by atoms with Crippen LogP contribution in [-0.2, 0) is 6.42 Å². The molecule has 0 saturated carbocycles. The molecule has 0 aliphatic heterocycles. The van der Waals surface area contributed by atoms with Gasteiger partial charge in [-0.1, -0.05) is 25.3 Å². The molecule has 92 valence electrons. The lowest BCUT2D eigenvalue weighted by molar-refractivity contribution is 0.0918. The highest BCUT2D eigenvalue weighted by atomic mass is 32.1. The van der Waals surface area contributed by atoms with E-state index in [2.05, 4.69) is 21.0 Å². The summed E-state index contributed by atoms with van der Waals surface area (Å²) in [6.07, 6.45) is 1.83. The predicted octanol–water partition coefficient (Wildman–Crippen LogP) is 1.91. The molecule has 1 aromatic heterocycles. The highest BCUT2D eigenvalue weighted by molar-refractivity contribution is 7.08. The second-order valence-corrected chi connectivity index (χ2v) is 4.51. The van der Waals surface area contributed by atoms with Gasteiger partial charge in [0.2, 0.25) is 0 Å². The number of hydrogen-bond donors (Lipinski definition) is 1. The highest BCUT2D eigenvalue weighted by Crippen LogP contribution is 2.17. The zero-order chi connectivity index (χ0) is 12.9. The zero-order valence-corrected chi connectivity index (χ0v) is 11.1. The maximum Gasteiger partial charge on any atom is 0.266 e. The van der Waals surface area contributed by atoms with Crippen LogP contribution in [0.4, 0.5) is 0 Å². The van der Waals surface area contributed by atoms with Crippen molar-refractivity contribution < 1.29 is 4.79 Å². The van der Waals surface area contributed by atoms with Gasteiger partial charge in [-0.2, -0.15) is 5.26 Å². The molecule has 1 heterocycles. The monoisotopic (exact) mass is 252 g/mol. The molecule has 17 heavy (non-hydrogen) atoms. The molecule has 6 heteroatoms. The third-order valence-corrected chi connectivity index (χ3v) is 3.64. The Bertz CT molecular complexity index is 431. The van der Waals surface area contributed by atoms with Crippen LogP contribution in [0.3, 0.4) is 0 Å². The van der Waals surface area contributed by atoms with E-state index in [0.29, 0.717) is 29.8 Å². The molecule has 0 bridgehead atoms. The molecule has 5 nitrogen and oxygen atoms in total. The first-order chi connectivity index (χ1) is 8.12. The van der Waals surface area contributed by atoms with Crippen LogP contribution in [0, 0.1) is 11.3 Å². The summed E-state index contributed by atoms with van der Waals surface area (Å²) in [5.74, 6) is -0.248. The number of rotatable bonds is 5. The third kappa shape index (κ3) is 2.80. The van der Waals surface area contributed by atoms with Gasteiger partial charge in [0, 0.05) is 0 Å². The first kappa shape index (κ1) is 13.6. The van der Waals surface area contributed by atoms with E-state index in [0.717, 1.165) is 11.5 Å². The number of nitriles is 1. The molecular weight excluding hydrogens is 236 g/mol. The van der Waals surface area contributed by atoms with Crippen molar-refractivity contribution in [2.75, 3.05) is 0 Å². The summed E-state index contributed by atoms with van der Waals surface area (Å²) in [6.45, 7) is 5.70. The van der Waals surface area contributed by atoms with E-state index in [1.807, 2.05) is 20.8 Å². The van der Waals surface area contributed by atoms with E-state index in [9.17, 15) is 4.79 Å². The number of nitrogens with zero attached hydrogens (tertiary/aromatic N) is 3. The van der Waals surface area contributed by atoms with E-state index >= 15 is 0 Å². The van der Waals surface area contributed by atoms with Gasteiger partial charge in [-0.05, 0) is 30.8 Å². The molecule has 0 spiro atoms. The minimum absolute atomic E-state index is 0.248. The van der Waals surface area contributed by atoms with Crippen molar-refractivity contribution in [1.29, 1.82) is 5.26 Å². The molecule has 0 atom stereocenters. The van der Waals surface area contributed by atoms with Crippen LogP contribution in [0.2, 0.25) is 0 Å². The average molecular weight is 252 g/mol. The Balaban J connectivity index is 2.89. The van der Waals surface area contributed by atoms with Crippen molar-refractivity contribution >= 4 is 17.4 Å². The van der Waals surface area contributed by atoms with Crippen molar-refractivity contribution in [3.05, 3.63) is 10.6 Å².